The lowest BCUT2D eigenvalue weighted by Gasteiger charge is -2.06. The Morgan fingerprint density at radius 2 is 1.00 bits per heavy atom. The normalized spacial score (nSPS) is 11.9. The van der Waals surface area contributed by atoms with Crippen molar-refractivity contribution in [1.29, 1.82) is 0 Å². The highest BCUT2D eigenvalue weighted by Gasteiger charge is 2.18. The van der Waals surface area contributed by atoms with Crippen molar-refractivity contribution in [2.75, 3.05) is 0 Å². The maximum atomic E-state index is 11.4. The van der Waals surface area contributed by atoms with Gasteiger partial charge >= 0.3 is 5.97 Å². The lowest BCUT2D eigenvalue weighted by molar-refractivity contribution is 0.0702. The Balaban J connectivity index is 1.37. The lowest BCUT2D eigenvalue weighted by Crippen LogP contribution is -1.89. The van der Waals surface area contributed by atoms with E-state index in [0.717, 1.165) is 88.7 Å². The summed E-state index contributed by atoms with van der Waals surface area (Å²) in [7, 11) is 0. The summed E-state index contributed by atoms with van der Waals surface area (Å²) >= 11 is 1.21. The van der Waals surface area contributed by atoms with Crippen LogP contribution in [0, 0.1) is 11.8 Å². The first kappa shape index (κ1) is 32.6. The number of thiophene rings is 1. The Hall–Kier alpha value is -7.27. The molecule has 0 spiro atoms. The van der Waals surface area contributed by atoms with Crippen LogP contribution in [0.25, 0.3) is 85.8 Å². The number of carbonyl (C=O) groups is 1. The molecule has 4 aromatic heterocycles. The second-order valence-electron chi connectivity index (χ2n) is 12.7. The Labute approximate surface area is 315 Å². The van der Waals surface area contributed by atoms with E-state index in [9.17, 15) is 9.90 Å². The SMILES string of the molecule is O=C(O)c1ccc(/C=C/C#Cc2c3nc(c(-c4ccccc4)c4ccc([nH]4)c(-c4ccccc4)c4nc(c(-c5ccccc5)c5ccc2[nH]5)C=C4)C=C3)s1. The molecule has 54 heavy (non-hydrogen) atoms. The van der Waals surface area contributed by atoms with Gasteiger partial charge in [0.1, 0.15) is 4.88 Å². The molecular formula is C47H30N4O2S. The number of carboxylic acid groups (broad SMARTS) is 1. The topological polar surface area (TPSA) is 94.7 Å². The van der Waals surface area contributed by atoms with E-state index < -0.39 is 5.97 Å². The highest BCUT2D eigenvalue weighted by Crippen LogP contribution is 2.36. The molecule has 0 fully saturated rings. The molecule has 8 bridgehead atoms. The summed E-state index contributed by atoms with van der Waals surface area (Å²) in [5.74, 6) is 5.63. The Morgan fingerprint density at radius 1 is 0.556 bits per heavy atom. The van der Waals surface area contributed by atoms with Gasteiger partial charge in [0.05, 0.1) is 33.9 Å². The zero-order valence-electron chi connectivity index (χ0n) is 28.7. The molecular weight excluding hydrogens is 685 g/mol. The minimum atomic E-state index is -0.940. The van der Waals surface area contributed by atoms with Gasteiger partial charge in [-0.15, -0.1) is 11.3 Å². The number of hydrogen-bond donors (Lipinski definition) is 3. The smallest absolute Gasteiger partial charge is 0.345 e. The van der Waals surface area contributed by atoms with Gasteiger partial charge in [-0.1, -0.05) is 103 Å². The molecule has 0 saturated heterocycles. The van der Waals surface area contributed by atoms with Crippen LogP contribution in [0.3, 0.4) is 0 Å². The van der Waals surface area contributed by atoms with Gasteiger partial charge in [0.2, 0.25) is 0 Å². The van der Waals surface area contributed by atoms with E-state index >= 15 is 0 Å². The van der Waals surface area contributed by atoms with E-state index in [1.165, 1.54) is 11.3 Å². The number of allylic oxidation sites excluding steroid dienone is 1. The Kier molecular flexibility index (Phi) is 8.48. The fourth-order valence-corrected chi connectivity index (χ4v) is 7.61. The number of fused-ring (bicyclic) bond motifs is 8. The van der Waals surface area contributed by atoms with Crippen molar-refractivity contribution in [3.05, 3.63) is 172 Å². The molecule has 0 aliphatic carbocycles. The van der Waals surface area contributed by atoms with Crippen molar-refractivity contribution in [1.82, 2.24) is 19.9 Å². The van der Waals surface area contributed by atoms with Gasteiger partial charge in [-0.3, -0.25) is 0 Å². The van der Waals surface area contributed by atoms with Crippen molar-refractivity contribution >= 4 is 69.8 Å². The Morgan fingerprint density at radius 3 is 1.48 bits per heavy atom. The quantitative estimate of drug-likeness (QED) is 0.155. The zero-order chi connectivity index (χ0) is 36.4. The molecule has 256 valence electrons. The Bertz CT molecular complexity index is 2860. The van der Waals surface area contributed by atoms with E-state index in [0.29, 0.717) is 0 Å². The summed E-state index contributed by atoms with van der Waals surface area (Å²) in [6.07, 6.45) is 11.8. The molecule has 0 unspecified atom stereocenters. The average molecular weight is 715 g/mol. The van der Waals surface area contributed by atoms with Crippen molar-refractivity contribution < 1.29 is 9.90 Å². The molecule has 2 aliphatic heterocycles. The number of hydrogen-bond acceptors (Lipinski definition) is 4. The van der Waals surface area contributed by atoms with Gasteiger partial charge < -0.3 is 15.1 Å². The van der Waals surface area contributed by atoms with Gasteiger partial charge in [-0.2, -0.15) is 0 Å². The minimum absolute atomic E-state index is 0.285. The number of nitrogens with zero attached hydrogens (tertiary/aromatic N) is 2. The number of carboxylic acids is 1. The van der Waals surface area contributed by atoms with Crippen LogP contribution in [0.4, 0.5) is 0 Å². The molecule has 9 rings (SSSR count). The fraction of sp³-hybridized carbons (Fsp3) is 0. The van der Waals surface area contributed by atoms with E-state index in [-0.39, 0.29) is 4.88 Å². The number of aromatic nitrogens is 4. The van der Waals surface area contributed by atoms with Crippen molar-refractivity contribution in [3.8, 4) is 45.2 Å². The van der Waals surface area contributed by atoms with E-state index in [4.69, 9.17) is 9.97 Å². The van der Waals surface area contributed by atoms with E-state index in [1.807, 2.05) is 66.8 Å². The van der Waals surface area contributed by atoms with Crippen LogP contribution in [0.2, 0.25) is 0 Å². The number of nitrogens with one attached hydrogen (secondary N) is 2. The molecule has 7 aromatic rings. The predicted octanol–water partition coefficient (Wildman–Crippen LogP) is 11.5. The molecule has 0 amide bonds. The van der Waals surface area contributed by atoms with Crippen LogP contribution in [-0.2, 0) is 0 Å². The van der Waals surface area contributed by atoms with Gasteiger partial charge in [0.15, 0.2) is 0 Å². The van der Waals surface area contributed by atoms with E-state index in [1.54, 1.807) is 18.2 Å². The van der Waals surface area contributed by atoms with Crippen LogP contribution in [-0.4, -0.2) is 31.0 Å². The molecule has 7 heteroatoms. The molecule has 3 N–H and O–H groups in total. The van der Waals surface area contributed by atoms with Gasteiger partial charge in [0, 0.05) is 38.1 Å². The fourth-order valence-electron chi connectivity index (χ4n) is 6.86. The van der Waals surface area contributed by atoms with Crippen molar-refractivity contribution in [2.45, 2.75) is 0 Å². The van der Waals surface area contributed by atoms with Gasteiger partial charge in [0.25, 0.3) is 0 Å². The minimum Gasteiger partial charge on any atom is -0.477 e. The zero-order valence-corrected chi connectivity index (χ0v) is 29.6. The van der Waals surface area contributed by atoms with Crippen LogP contribution < -0.4 is 0 Å². The number of benzene rings is 3. The molecule has 3 aromatic carbocycles. The summed E-state index contributed by atoms with van der Waals surface area (Å²) in [6, 6.07) is 42.7. The summed E-state index contributed by atoms with van der Waals surface area (Å²) in [6.45, 7) is 0. The summed E-state index contributed by atoms with van der Waals surface area (Å²) < 4.78 is 0. The van der Waals surface area contributed by atoms with Crippen LogP contribution >= 0.6 is 11.3 Å². The summed E-state index contributed by atoms with van der Waals surface area (Å²) in [5, 5.41) is 9.35. The average Bonchev–Trinajstić information content (AvgIpc) is 4.06. The van der Waals surface area contributed by atoms with Crippen LogP contribution in [0.5, 0.6) is 0 Å². The van der Waals surface area contributed by atoms with Crippen LogP contribution in [0.1, 0.15) is 42.9 Å². The van der Waals surface area contributed by atoms with E-state index in [2.05, 4.69) is 101 Å². The first-order valence-electron chi connectivity index (χ1n) is 17.4. The molecule has 0 atom stereocenters. The number of rotatable bonds is 5. The highest BCUT2D eigenvalue weighted by molar-refractivity contribution is 7.14. The molecule has 0 saturated carbocycles. The van der Waals surface area contributed by atoms with Crippen LogP contribution in [0.15, 0.2) is 133 Å². The van der Waals surface area contributed by atoms with Crippen molar-refractivity contribution in [3.63, 3.8) is 0 Å². The maximum Gasteiger partial charge on any atom is 0.345 e. The summed E-state index contributed by atoms with van der Waals surface area (Å²) in [4.78, 5) is 30.5. The maximum absolute atomic E-state index is 11.4. The third-order valence-corrected chi connectivity index (χ3v) is 10.3. The van der Waals surface area contributed by atoms with Gasteiger partial charge in [-0.05, 0) is 89.5 Å². The largest absolute Gasteiger partial charge is 0.477 e. The first-order valence-corrected chi connectivity index (χ1v) is 18.2. The number of aromatic amines is 2. The molecule has 6 nitrogen and oxygen atoms in total. The molecule has 2 aliphatic rings. The summed E-state index contributed by atoms with van der Waals surface area (Å²) in [5.41, 5.74) is 13.6. The molecule has 0 radical (unpaired) electrons. The monoisotopic (exact) mass is 714 g/mol. The standard InChI is InChI=1S/C47H30N4O2S/c52-47(53)43-29-20-33(54-43)18-10-11-19-34-35-21-23-37(48-35)44(30-12-4-1-5-13-30)39-25-27-41(50-39)46(32-16-8-3-9-17-32)42-28-26-40(51-42)45(31-14-6-2-7-15-31)38-24-22-36(34)49-38/h1-10,12-18,20-29,48,51H,(H,52,53)/b18-10+,35-34?,36-34?,44-37?,44-39?,45-38?,45-40?,46-41?,46-42?. The third kappa shape index (κ3) is 6.28. The highest BCUT2D eigenvalue weighted by atomic mass is 32.1. The number of aromatic carboxylic acids is 1. The number of H-pyrrole nitrogens is 2. The molecule has 6 heterocycles. The third-order valence-electron chi connectivity index (χ3n) is 9.31. The predicted molar refractivity (Wildman–Crippen MR) is 222 cm³/mol. The lowest BCUT2D eigenvalue weighted by atomic mass is 10.0. The second kappa shape index (κ2) is 14.0. The van der Waals surface area contributed by atoms with Crippen molar-refractivity contribution in [2.24, 2.45) is 0 Å². The van der Waals surface area contributed by atoms with Gasteiger partial charge in [-0.25, -0.2) is 14.8 Å². The second-order valence-corrected chi connectivity index (χ2v) is 13.8. The first-order chi connectivity index (χ1) is 26.6.